The first kappa shape index (κ1) is 6.47. The molecule has 1 aliphatic rings. The molecule has 1 heteroatoms. The van der Waals surface area contributed by atoms with Gasteiger partial charge in [0.05, 0.1) is 0 Å². The second-order valence-corrected chi connectivity index (χ2v) is 4.18. The zero-order chi connectivity index (χ0) is 5.98. The van der Waals surface area contributed by atoms with Crippen molar-refractivity contribution < 1.29 is 0 Å². The van der Waals surface area contributed by atoms with Crippen LogP contribution in [0.4, 0.5) is 0 Å². The summed E-state index contributed by atoms with van der Waals surface area (Å²) in [5.41, 5.74) is 0. The van der Waals surface area contributed by atoms with Crippen LogP contribution in [0.1, 0.15) is 26.7 Å². The highest BCUT2D eigenvalue weighted by Gasteiger charge is 2.16. The van der Waals surface area contributed by atoms with Crippen LogP contribution in [0.25, 0.3) is 0 Å². The summed E-state index contributed by atoms with van der Waals surface area (Å²) >= 11 is 2.13. The van der Waals surface area contributed by atoms with Crippen molar-refractivity contribution in [2.75, 3.05) is 5.75 Å². The molecule has 1 heterocycles. The maximum absolute atomic E-state index is 2.36. The van der Waals surface area contributed by atoms with Gasteiger partial charge in [0.1, 0.15) is 0 Å². The Morgan fingerprint density at radius 2 is 2.12 bits per heavy atom. The molecule has 0 N–H and O–H groups in total. The van der Waals surface area contributed by atoms with Crippen LogP contribution in [0.15, 0.2) is 0 Å². The van der Waals surface area contributed by atoms with E-state index < -0.39 is 0 Å². The van der Waals surface area contributed by atoms with Crippen molar-refractivity contribution in [1.29, 1.82) is 0 Å². The fourth-order valence-corrected chi connectivity index (χ4v) is 2.24. The topological polar surface area (TPSA) is 0 Å². The molecule has 0 saturated carbocycles. The van der Waals surface area contributed by atoms with Gasteiger partial charge in [-0.25, -0.2) is 0 Å². The lowest BCUT2D eigenvalue weighted by molar-refractivity contribution is 0.507. The molecule has 1 fully saturated rings. The van der Waals surface area contributed by atoms with Crippen molar-refractivity contribution in [2.45, 2.75) is 31.9 Å². The number of hydrogen-bond acceptors (Lipinski definition) is 1. The number of hydrogen-bond donors (Lipinski definition) is 0. The minimum absolute atomic E-state index is 0.920. The van der Waals surface area contributed by atoms with Crippen molar-refractivity contribution in [3.8, 4) is 0 Å². The van der Waals surface area contributed by atoms with Crippen molar-refractivity contribution in [3.63, 3.8) is 0 Å². The highest BCUT2D eigenvalue weighted by atomic mass is 32.2. The van der Waals surface area contributed by atoms with Gasteiger partial charge in [0.2, 0.25) is 0 Å². The van der Waals surface area contributed by atoms with E-state index in [9.17, 15) is 0 Å². The van der Waals surface area contributed by atoms with Crippen LogP contribution < -0.4 is 0 Å². The minimum atomic E-state index is 0.920. The van der Waals surface area contributed by atoms with E-state index in [4.69, 9.17) is 0 Å². The van der Waals surface area contributed by atoms with Gasteiger partial charge in [-0.05, 0) is 24.5 Å². The standard InChI is InChI=1S/C7H14S/c1-6-4-3-5-8-7(6)2/h6-7H,3-5H2,1-2H3/t6-,7-/m0/s1. The maximum Gasteiger partial charge on any atom is 0.00443 e. The van der Waals surface area contributed by atoms with E-state index in [1.807, 2.05) is 0 Å². The Kier molecular flexibility index (Phi) is 2.24. The highest BCUT2D eigenvalue weighted by molar-refractivity contribution is 7.99. The summed E-state index contributed by atoms with van der Waals surface area (Å²) in [5, 5.41) is 0.920. The molecule has 8 heavy (non-hydrogen) atoms. The quantitative estimate of drug-likeness (QED) is 0.485. The lowest BCUT2D eigenvalue weighted by atomic mass is 10.0. The largest absolute Gasteiger partial charge is 0.159 e. The molecule has 0 radical (unpaired) electrons. The molecule has 1 rings (SSSR count). The van der Waals surface area contributed by atoms with E-state index in [0.717, 1.165) is 11.2 Å². The van der Waals surface area contributed by atoms with Gasteiger partial charge in [0, 0.05) is 5.25 Å². The summed E-state index contributed by atoms with van der Waals surface area (Å²) in [6.07, 6.45) is 2.89. The predicted octanol–water partition coefficient (Wildman–Crippen LogP) is 2.54. The molecule has 0 aliphatic carbocycles. The second-order valence-electron chi connectivity index (χ2n) is 2.70. The third kappa shape index (κ3) is 1.41. The van der Waals surface area contributed by atoms with Gasteiger partial charge in [0.15, 0.2) is 0 Å². The highest BCUT2D eigenvalue weighted by Crippen LogP contribution is 2.29. The lowest BCUT2D eigenvalue weighted by Gasteiger charge is -2.24. The summed E-state index contributed by atoms with van der Waals surface area (Å²) < 4.78 is 0. The van der Waals surface area contributed by atoms with Gasteiger partial charge in [0.25, 0.3) is 0 Å². The zero-order valence-corrected chi connectivity index (χ0v) is 6.50. The van der Waals surface area contributed by atoms with Crippen LogP contribution in [0.5, 0.6) is 0 Å². The predicted molar refractivity (Wildman–Crippen MR) is 40.3 cm³/mol. The SMILES string of the molecule is C[C@@H]1SCCC[C@@H]1C. The average molecular weight is 130 g/mol. The fourth-order valence-electron chi connectivity index (χ4n) is 1.07. The molecule has 0 aromatic rings. The molecule has 48 valence electrons. The summed E-state index contributed by atoms with van der Waals surface area (Å²) in [6, 6.07) is 0. The Labute approximate surface area is 56.0 Å². The van der Waals surface area contributed by atoms with E-state index in [-0.39, 0.29) is 0 Å². The van der Waals surface area contributed by atoms with Crippen LogP contribution in [-0.2, 0) is 0 Å². The van der Waals surface area contributed by atoms with E-state index in [1.165, 1.54) is 18.6 Å². The molecular formula is C7H14S. The summed E-state index contributed by atoms with van der Waals surface area (Å²) in [7, 11) is 0. The van der Waals surface area contributed by atoms with E-state index in [0.29, 0.717) is 0 Å². The first-order valence-corrected chi connectivity index (χ1v) is 4.47. The van der Waals surface area contributed by atoms with Crippen LogP contribution >= 0.6 is 11.8 Å². The molecule has 2 atom stereocenters. The Morgan fingerprint density at radius 3 is 2.50 bits per heavy atom. The molecule has 0 amide bonds. The van der Waals surface area contributed by atoms with E-state index >= 15 is 0 Å². The summed E-state index contributed by atoms with van der Waals surface area (Å²) in [5.74, 6) is 2.36. The van der Waals surface area contributed by atoms with Crippen molar-refractivity contribution >= 4 is 11.8 Å². The van der Waals surface area contributed by atoms with Crippen molar-refractivity contribution in [3.05, 3.63) is 0 Å². The molecule has 1 aliphatic heterocycles. The Hall–Kier alpha value is 0.350. The fraction of sp³-hybridized carbons (Fsp3) is 1.00. The molecular weight excluding hydrogens is 116 g/mol. The molecule has 0 bridgehead atoms. The minimum Gasteiger partial charge on any atom is -0.159 e. The summed E-state index contributed by atoms with van der Waals surface area (Å²) in [4.78, 5) is 0. The molecule has 0 unspecified atom stereocenters. The van der Waals surface area contributed by atoms with Gasteiger partial charge >= 0.3 is 0 Å². The third-order valence-electron chi connectivity index (χ3n) is 1.99. The van der Waals surface area contributed by atoms with Crippen LogP contribution in [0.2, 0.25) is 0 Å². The molecule has 0 aromatic carbocycles. The first-order valence-electron chi connectivity index (χ1n) is 3.42. The van der Waals surface area contributed by atoms with Gasteiger partial charge in [-0.1, -0.05) is 13.8 Å². The smallest absolute Gasteiger partial charge is 0.00443 e. The zero-order valence-electron chi connectivity index (χ0n) is 5.68. The van der Waals surface area contributed by atoms with Crippen LogP contribution in [-0.4, -0.2) is 11.0 Å². The lowest BCUT2D eigenvalue weighted by Crippen LogP contribution is -2.15. The van der Waals surface area contributed by atoms with Gasteiger partial charge in [-0.2, -0.15) is 11.8 Å². The van der Waals surface area contributed by atoms with Crippen molar-refractivity contribution in [1.82, 2.24) is 0 Å². The normalized spacial score (nSPS) is 39.8. The Bertz CT molecular complexity index is 60.8. The summed E-state index contributed by atoms with van der Waals surface area (Å²) in [6.45, 7) is 4.70. The van der Waals surface area contributed by atoms with Gasteiger partial charge < -0.3 is 0 Å². The first-order chi connectivity index (χ1) is 3.80. The molecule has 0 aromatic heterocycles. The number of rotatable bonds is 0. The number of thioether (sulfide) groups is 1. The van der Waals surface area contributed by atoms with Gasteiger partial charge in [-0.3, -0.25) is 0 Å². The van der Waals surface area contributed by atoms with Crippen LogP contribution in [0, 0.1) is 5.92 Å². The average Bonchev–Trinajstić information content (AvgIpc) is 1.77. The van der Waals surface area contributed by atoms with E-state index in [2.05, 4.69) is 25.6 Å². The third-order valence-corrected chi connectivity index (χ3v) is 3.50. The maximum atomic E-state index is 2.36. The van der Waals surface area contributed by atoms with Crippen molar-refractivity contribution in [2.24, 2.45) is 5.92 Å². The monoisotopic (exact) mass is 130 g/mol. The Morgan fingerprint density at radius 1 is 1.38 bits per heavy atom. The molecule has 1 saturated heterocycles. The molecule has 0 nitrogen and oxygen atoms in total. The van der Waals surface area contributed by atoms with Crippen LogP contribution in [0.3, 0.4) is 0 Å². The second kappa shape index (κ2) is 2.77. The Balaban J connectivity index is 2.28. The van der Waals surface area contributed by atoms with E-state index in [1.54, 1.807) is 0 Å². The molecule has 0 spiro atoms. The van der Waals surface area contributed by atoms with Gasteiger partial charge in [-0.15, -0.1) is 0 Å².